The zero-order valence-corrected chi connectivity index (χ0v) is 12.0. The highest BCUT2D eigenvalue weighted by molar-refractivity contribution is 7.15. The number of nitrogens with one attached hydrogen (secondary N) is 1. The molecule has 1 aromatic heterocycles. The van der Waals surface area contributed by atoms with Crippen LogP contribution >= 0.6 is 11.3 Å². The van der Waals surface area contributed by atoms with E-state index in [4.69, 9.17) is 4.74 Å². The number of thiazole rings is 1. The fourth-order valence-electron chi connectivity index (χ4n) is 2.10. The van der Waals surface area contributed by atoms with Gasteiger partial charge in [-0.15, -0.1) is 11.3 Å². The molecule has 6 heteroatoms. The third-order valence-electron chi connectivity index (χ3n) is 3.00. The fourth-order valence-corrected chi connectivity index (χ4v) is 3.23. The zero-order chi connectivity index (χ0) is 13.8. The second-order valence-electron chi connectivity index (χ2n) is 4.68. The van der Waals surface area contributed by atoms with E-state index in [1.807, 2.05) is 6.92 Å². The largest absolute Gasteiger partial charge is 0.465 e. The monoisotopic (exact) mass is 282 g/mol. The molecule has 0 saturated heterocycles. The molecule has 1 heterocycles. The lowest BCUT2D eigenvalue weighted by atomic mass is 9.91. The minimum absolute atomic E-state index is 0.0651. The van der Waals surface area contributed by atoms with Gasteiger partial charge in [0.25, 0.3) is 0 Å². The first-order chi connectivity index (χ1) is 9.10. The van der Waals surface area contributed by atoms with Crippen molar-refractivity contribution in [2.75, 3.05) is 11.9 Å². The second kappa shape index (κ2) is 6.14. The number of hydrogen-bond acceptors (Lipinski definition) is 5. The average Bonchev–Trinajstić information content (AvgIpc) is 2.75. The molecule has 104 valence electrons. The molecular weight excluding hydrogens is 264 g/mol. The van der Waals surface area contributed by atoms with Crippen molar-refractivity contribution in [1.82, 2.24) is 4.98 Å². The summed E-state index contributed by atoms with van der Waals surface area (Å²) in [6.45, 7) is 3.93. The Morgan fingerprint density at radius 2 is 2.32 bits per heavy atom. The van der Waals surface area contributed by atoms with E-state index in [1.165, 1.54) is 18.3 Å². The minimum atomic E-state index is -0.120. The Kier molecular flexibility index (Phi) is 4.52. The van der Waals surface area contributed by atoms with Gasteiger partial charge in [-0.1, -0.05) is 6.92 Å². The molecule has 1 aromatic rings. The smallest absolute Gasteiger partial charge is 0.309 e. The molecule has 0 fully saturated rings. The summed E-state index contributed by atoms with van der Waals surface area (Å²) in [4.78, 5) is 28.3. The van der Waals surface area contributed by atoms with E-state index in [1.54, 1.807) is 0 Å². The van der Waals surface area contributed by atoms with Gasteiger partial charge in [0.05, 0.1) is 18.2 Å². The van der Waals surface area contributed by atoms with E-state index in [9.17, 15) is 9.59 Å². The van der Waals surface area contributed by atoms with Crippen molar-refractivity contribution in [3.63, 3.8) is 0 Å². The standard InChI is InChI=1S/C13H18N2O3S/c1-3-6-18-12(17)9-4-5-10-11(7-9)19-13(15-10)14-8(2)16/h9H,3-7H2,1-2H3,(H,14,15,16). The number of ether oxygens (including phenoxy) is 1. The van der Waals surface area contributed by atoms with Gasteiger partial charge in [-0.05, 0) is 25.7 Å². The normalized spacial score (nSPS) is 17.7. The van der Waals surface area contributed by atoms with E-state index in [0.717, 1.165) is 29.8 Å². The predicted octanol–water partition coefficient (Wildman–Crippen LogP) is 2.16. The van der Waals surface area contributed by atoms with Crippen molar-refractivity contribution in [1.29, 1.82) is 0 Å². The van der Waals surface area contributed by atoms with Crippen LogP contribution in [0.3, 0.4) is 0 Å². The van der Waals surface area contributed by atoms with Crippen LogP contribution in [-0.4, -0.2) is 23.5 Å². The number of aromatic nitrogens is 1. The zero-order valence-electron chi connectivity index (χ0n) is 11.2. The summed E-state index contributed by atoms with van der Waals surface area (Å²) < 4.78 is 5.19. The number of aryl methyl sites for hydroxylation is 1. The molecule has 0 saturated carbocycles. The average molecular weight is 282 g/mol. The van der Waals surface area contributed by atoms with Gasteiger partial charge in [-0.25, -0.2) is 4.98 Å². The Morgan fingerprint density at radius 1 is 1.53 bits per heavy atom. The van der Waals surface area contributed by atoms with Crippen LogP contribution in [0.25, 0.3) is 0 Å². The number of carbonyl (C=O) groups is 2. The number of anilines is 1. The third-order valence-corrected chi connectivity index (χ3v) is 4.04. The SMILES string of the molecule is CCCOC(=O)C1CCc2nc(NC(C)=O)sc2C1. The van der Waals surface area contributed by atoms with Crippen LogP contribution in [-0.2, 0) is 27.2 Å². The minimum Gasteiger partial charge on any atom is -0.465 e. The van der Waals surface area contributed by atoms with E-state index >= 15 is 0 Å². The highest BCUT2D eigenvalue weighted by Crippen LogP contribution is 2.32. The Hall–Kier alpha value is -1.43. The van der Waals surface area contributed by atoms with Crippen LogP contribution < -0.4 is 5.32 Å². The number of nitrogens with zero attached hydrogens (tertiary/aromatic N) is 1. The highest BCUT2D eigenvalue weighted by Gasteiger charge is 2.28. The summed E-state index contributed by atoms with van der Waals surface area (Å²) in [7, 11) is 0. The molecule has 0 spiro atoms. The molecule has 1 amide bonds. The van der Waals surface area contributed by atoms with Crippen LogP contribution in [0.4, 0.5) is 5.13 Å². The molecule has 5 nitrogen and oxygen atoms in total. The van der Waals surface area contributed by atoms with E-state index in [2.05, 4.69) is 10.3 Å². The van der Waals surface area contributed by atoms with Crippen LogP contribution in [0.5, 0.6) is 0 Å². The molecule has 1 aliphatic carbocycles. The molecular formula is C13H18N2O3S. The maximum Gasteiger partial charge on any atom is 0.309 e. The Balaban J connectivity index is 2.01. The third kappa shape index (κ3) is 3.53. The van der Waals surface area contributed by atoms with Crippen LogP contribution in [0, 0.1) is 5.92 Å². The molecule has 1 N–H and O–H groups in total. The molecule has 1 atom stereocenters. The lowest BCUT2D eigenvalue weighted by Gasteiger charge is -2.19. The first kappa shape index (κ1) is 14.0. The van der Waals surface area contributed by atoms with Gasteiger partial charge in [0.15, 0.2) is 5.13 Å². The predicted molar refractivity (Wildman–Crippen MR) is 73.2 cm³/mol. The van der Waals surface area contributed by atoms with E-state index in [0.29, 0.717) is 18.2 Å². The summed E-state index contributed by atoms with van der Waals surface area (Å²) >= 11 is 1.46. The van der Waals surface area contributed by atoms with Gasteiger partial charge in [0.1, 0.15) is 0 Å². The second-order valence-corrected chi connectivity index (χ2v) is 5.76. The maximum absolute atomic E-state index is 11.8. The van der Waals surface area contributed by atoms with Crippen LogP contribution in [0.15, 0.2) is 0 Å². The first-order valence-electron chi connectivity index (χ1n) is 6.53. The molecule has 19 heavy (non-hydrogen) atoms. The van der Waals surface area contributed by atoms with Gasteiger partial charge in [0, 0.05) is 11.8 Å². The van der Waals surface area contributed by atoms with Crippen molar-refractivity contribution in [3.05, 3.63) is 10.6 Å². The van der Waals surface area contributed by atoms with E-state index in [-0.39, 0.29) is 17.8 Å². The van der Waals surface area contributed by atoms with Crippen molar-refractivity contribution >= 4 is 28.3 Å². The topological polar surface area (TPSA) is 68.3 Å². The lowest BCUT2D eigenvalue weighted by Crippen LogP contribution is -2.24. The van der Waals surface area contributed by atoms with Gasteiger partial charge >= 0.3 is 5.97 Å². The summed E-state index contributed by atoms with van der Waals surface area (Å²) in [5.74, 6) is -0.295. The van der Waals surface area contributed by atoms with Crippen LogP contribution in [0.2, 0.25) is 0 Å². The molecule has 0 aromatic carbocycles. The van der Waals surface area contributed by atoms with Gasteiger partial charge < -0.3 is 10.1 Å². The van der Waals surface area contributed by atoms with E-state index < -0.39 is 0 Å². The van der Waals surface area contributed by atoms with Gasteiger partial charge in [-0.2, -0.15) is 0 Å². The molecule has 0 aliphatic heterocycles. The molecule has 2 rings (SSSR count). The van der Waals surface area contributed by atoms with Crippen LogP contribution in [0.1, 0.15) is 37.3 Å². The fraction of sp³-hybridized carbons (Fsp3) is 0.615. The van der Waals surface area contributed by atoms with Crippen molar-refractivity contribution < 1.29 is 14.3 Å². The first-order valence-corrected chi connectivity index (χ1v) is 7.34. The molecule has 0 radical (unpaired) electrons. The summed E-state index contributed by atoms with van der Waals surface area (Å²) in [5.41, 5.74) is 1.01. The quantitative estimate of drug-likeness (QED) is 0.859. The van der Waals surface area contributed by atoms with Gasteiger partial charge in [0.2, 0.25) is 5.91 Å². The summed E-state index contributed by atoms with van der Waals surface area (Å²) in [5, 5.41) is 3.32. The van der Waals surface area contributed by atoms with Crippen molar-refractivity contribution in [2.24, 2.45) is 5.92 Å². The molecule has 1 unspecified atom stereocenters. The highest BCUT2D eigenvalue weighted by atomic mass is 32.1. The number of amides is 1. The van der Waals surface area contributed by atoms with Crippen molar-refractivity contribution in [3.8, 4) is 0 Å². The Bertz CT molecular complexity index is 484. The number of hydrogen-bond donors (Lipinski definition) is 1. The Labute approximate surface area is 116 Å². The number of fused-ring (bicyclic) bond motifs is 1. The lowest BCUT2D eigenvalue weighted by molar-refractivity contribution is -0.148. The Morgan fingerprint density at radius 3 is 3.00 bits per heavy atom. The number of carbonyl (C=O) groups excluding carboxylic acids is 2. The summed E-state index contributed by atoms with van der Waals surface area (Å²) in [6.07, 6.45) is 3.07. The van der Waals surface area contributed by atoms with Crippen molar-refractivity contribution in [2.45, 2.75) is 39.5 Å². The number of rotatable bonds is 4. The molecule has 0 bridgehead atoms. The maximum atomic E-state index is 11.8. The van der Waals surface area contributed by atoms with Gasteiger partial charge in [-0.3, -0.25) is 9.59 Å². The summed E-state index contributed by atoms with van der Waals surface area (Å²) in [6, 6.07) is 0. The molecule has 1 aliphatic rings. The number of esters is 1.